The van der Waals surface area contributed by atoms with Crippen LogP contribution in [0.5, 0.6) is 0 Å². The van der Waals surface area contributed by atoms with Gasteiger partial charge in [-0.1, -0.05) is 35.3 Å². The van der Waals surface area contributed by atoms with E-state index in [9.17, 15) is 30.3 Å². The van der Waals surface area contributed by atoms with Gasteiger partial charge in [0.15, 0.2) is 32.8 Å². The van der Waals surface area contributed by atoms with Crippen molar-refractivity contribution in [1.29, 1.82) is 0 Å². The molecule has 0 radical (unpaired) electrons. The Labute approximate surface area is 775 Å². The second kappa shape index (κ2) is 37.3. The molecule has 12 aromatic heterocycles. The van der Waals surface area contributed by atoms with Crippen LogP contribution < -0.4 is 26.6 Å². The number of aliphatic hydroxyl groups is 5. The number of pyridine rings is 4. The summed E-state index contributed by atoms with van der Waals surface area (Å²) in [7, 11) is 0. The van der Waals surface area contributed by atoms with Crippen molar-refractivity contribution in [2.75, 3.05) is 52.0 Å². The molecule has 0 bridgehead atoms. The molecule has 129 heavy (non-hydrogen) atoms. The third kappa shape index (κ3) is 19.1. The number of anilines is 5. The molecule has 5 saturated carbocycles. The number of hydrogen-bond donors (Lipinski definition) is 10. The van der Waals surface area contributed by atoms with Crippen molar-refractivity contribution in [3.63, 3.8) is 0 Å². The topological polar surface area (TPSA) is 440 Å². The molecule has 684 valence electrons. The van der Waals surface area contributed by atoms with Gasteiger partial charge in [-0.3, -0.25) is 19.9 Å². The van der Waals surface area contributed by atoms with E-state index in [2.05, 4.69) is 61.5 Å². The second-order valence-corrected chi connectivity index (χ2v) is 42.0. The van der Waals surface area contributed by atoms with E-state index in [0.29, 0.717) is 51.9 Å². The van der Waals surface area contributed by atoms with Crippen LogP contribution >= 0.6 is 80.6 Å². The third-order valence-electron chi connectivity index (χ3n) is 24.8. The molecule has 8 aliphatic rings. The number of carbonyl (C=O) groups is 1. The molecule has 40 heteroatoms. The predicted molar refractivity (Wildman–Crippen MR) is 506 cm³/mol. The summed E-state index contributed by atoms with van der Waals surface area (Å²) in [6.45, 7) is 30.7. The van der Waals surface area contributed by atoms with Gasteiger partial charge >= 0.3 is 0 Å². The Bertz CT molecular complexity index is 6180. The SMILES string of the molecule is CSc1nc(C)c(-c2nc3c(C)nccc3s2)c(N[C@@H]2C[C@H](C(C)O)[C@H]3OC(C)(C)O[C@H]32)n1.CSc1nc(C)c(-c2nc3c(C)nccc3s2)c(N[C@@H]2C[C@H](C=O)[C@H]3OC(C)(C)O[C@H]32)n1.CSc1nc(C)c(-c2nc3c(C)nccc3s2)c(N[C@@H]2C[C@H](CO)[C@H]3OC(C)(C)O[C@H]32)n1.Cc1nc(NC2CC2)nc(N[C@@H]2C[C@H](C(C)O)[C@@H](O)[C@H]2O)c1-c1nc2c(C)nccc2s1. The number of rotatable bonds is 21. The molecule has 3 saturated heterocycles. The van der Waals surface area contributed by atoms with E-state index in [1.165, 1.54) is 35.3 Å². The van der Waals surface area contributed by atoms with E-state index in [1.807, 2.05) is 159 Å². The van der Waals surface area contributed by atoms with Crippen LogP contribution in [0.15, 0.2) is 64.5 Å². The summed E-state index contributed by atoms with van der Waals surface area (Å²) in [6, 6.07) is 7.62. The highest BCUT2D eigenvalue weighted by molar-refractivity contribution is 7.98. The van der Waals surface area contributed by atoms with Gasteiger partial charge in [0.2, 0.25) is 5.95 Å². The van der Waals surface area contributed by atoms with Crippen molar-refractivity contribution in [3.05, 3.63) is 94.6 Å². The van der Waals surface area contributed by atoms with E-state index in [1.54, 1.807) is 64.7 Å². The number of fused-ring (bicyclic) bond motifs is 7. The van der Waals surface area contributed by atoms with Crippen molar-refractivity contribution in [3.8, 4) is 42.3 Å². The van der Waals surface area contributed by atoms with Gasteiger partial charge in [0.25, 0.3) is 0 Å². The quantitative estimate of drug-likeness (QED) is 0.0181. The van der Waals surface area contributed by atoms with Crippen LogP contribution in [0.25, 0.3) is 83.2 Å². The van der Waals surface area contributed by atoms with Crippen molar-refractivity contribution in [1.82, 2.24) is 79.7 Å². The van der Waals surface area contributed by atoms with Gasteiger partial charge in [0, 0.05) is 61.1 Å². The third-order valence-corrected chi connectivity index (χ3v) is 30.6. The molecule has 0 aromatic carbocycles. The molecule has 0 amide bonds. The Morgan fingerprint density at radius 3 is 1.11 bits per heavy atom. The Hall–Kier alpha value is -8.24. The minimum absolute atomic E-state index is 0.0156. The summed E-state index contributed by atoms with van der Waals surface area (Å²) >= 11 is 10.9. The van der Waals surface area contributed by atoms with Gasteiger partial charge < -0.3 is 85.3 Å². The van der Waals surface area contributed by atoms with Crippen LogP contribution in [0, 0.1) is 79.1 Å². The lowest BCUT2D eigenvalue weighted by atomic mass is 9.99. The lowest BCUT2D eigenvalue weighted by Crippen LogP contribution is -2.36. The minimum atomic E-state index is -1.01. The first kappa shape index (κ1) is 92.6. The lowest BCUT2D eigenvalue weighted by molar-refractivity contribution is -0.161. The Morgan fingerprint density at radius 2 is 0.744 bits per heavy atom. The van der Waals surface area contributed by atoms with Gasteiger partial charge in [-0.2, -0.15) is 4.98 Å². The van der Waals surface area contributed by atoms with Crippen LogP contribution in [-0.2, 0) is 33.2 Å². The first-order valence-electron chi connectivity index (χ1n) is 43.3. The summed E-state index contributed by atoms with van der Waals surface area (Å²) in [5, 5.41) is 74.4. The zero-order valence-corrected chi connectivity index (χ0v) is 80.9. The number of thiazole rings is 4. The molecular weight excluding hydrogens is 1780 g/mol. The van der Waals surface area contributed by atoms with Crippen molar-refractivity contribution < 1.29 is 58.7 Å². The maximum Gasteiger partial charge on any atom is 0.225 e. The van der Waals surface area contributed by atoms with Crippen LogP contribution in [0.4, 0.5) is 29.2 Å². The number of nitrogens with zero attached hydrogens (tertiary/aromatic N) is 16. The summed E-state index contributed by atoms with van der Waals surface area (Å²) in [5.41, 5.74) is 13.9. The molecule has 3 aliphatic heterocycles. The van der Waals surface area contributed by atoms with Gasteiger partial charge in [0.05, 0.1) is 147 Å². The van der Waals surface area contributed by atoms with Crippen LogP contribution in [0.1, 0.15) is 139 Å². The van der Waals surface area contributed by atoms with Crippen LogP contribution in [-0.4, -0.2) is 246 Å². The fourth-order valence-electron chi connectivity index (χ4n) is 18.5. The van der Waals surface area contributed by atoms with Crippen molar-refractivity contribution in [2.24, 2.45) is 23.7 Å². The highest BCUT2D eigenvalue weighted by Gasteiger charge is 2.58. The molecular formula is C89H109N21O12S7. The largest absolute Gasteiger partial charge is 0.396 e. The highest BCUT2D eigenvalue weighted by atomic mass is 32.2. The molecule has 2 unspecified atom stereocenters. The highest BCUT2D eigenvalue weighted by Crippen LogP contribution is 2.50. The maximum absolute atomic E-state index is 11.7. The molecule has 10 N–H and O–H groups in total. The fraction of sp³-hybridized carbons (Fsp3) is 0.539. The lowest BCUT2D eigenvalue weighted by Gasteiger charge is -2.25. The number of ether oxygens (including phenoxy) is 6. The Morgan fingerprint density at radius 1 is 0.411 bits per heavy atom. The number of aromatic nitrogens is 16. The van der Waals surface area contributed by atoms with Gasteiger partial charge in [0.1, 0.15) is 96.1 Å². The minimum Gasteiger partial charge on any atom is -0.396 e. The number of hydrogen-bond acceptors (Lipinski definition) is 40. The monoisotopic (exact) mass is 1890 g/mol. The second-order valence-electron chi connectivity index (χ2n) is 35.6. The van der Waals surface area contributed by atoms with Gasteiger partial charge in [-0.25, -0.2) is 54.8 Å². The van der Waals surface area contributed by atoms with Crippen molar-refractivity contribution >= 4 is 157 Å². The van der Waals surface area contributed by atoms with Gasteiger partial charge in [-0.05, 0) is 192 Å². The number of thioether (sulfide) groups is 3. The zero-order chi connectivity index (χ0) is 91.3. The number of nitrogens with one attached hydrogen (secondary N) is 5. The average Bonchev–Trinajstić information content (AvgIpc) is 1.61. The average molecular weight is 1890 g/mol. The van der Waals surface area contributed by atoms with E-state index in [4.69, 9.17) is 73.3 Å². The molecule has 12 aromatic rings. The standard InChI is InChI=1S/C23H29N5O3S2.C22H28N6O3S.C22H27N5O3S2.C22H25N5O3S2/c1-10-16(21-27-17-11(2)24-8-7-15(17)33-21)20(28-22(25-10)32-6)26-14-9-13(12(3)29)18-19(14)31-23(4,5)30-18;1-9-16(21-27-17-10(2)23-7-6-15(17)32-21)20(28-22(24-9)25-12-4-5-12)26-14-8-13(11(3)29)18(30)19(14)31;2*1-10-15(20-26-16-11(2)23-7-6-14(16)32-20)19(27-21(24-10)31-5)25-13-8-12(9-28)17-18(13)30-22(3,4)29-17/h7-8,12-14,18-19,29H,9H2,1-6H3,(H,25,26,28);6-7,11-14,18-19,29-31H,4-5,8H2,1-3H3,(H2,24,25,26,28);6-7,12-13,17-18,28H,8-9H2,1-5H3,(H,24,25,27);6-7,9,12-13,17-18H,8H2,1-5H3,(H,24,25,27)/t12?,13-,14-,18-,19+;11?,13-,14-,18-,19+;2*12-,13-,17-,18+/m1111/s1. The number of aliphatic hydroxyl groups excluding tert-OH is 5. The number of aryl methyl sites for hydroxylation is 8. The van der Waals surface area contributed by atoms with E-state index >= 15 is 0 Å². The Kier molecular flexibility index (Phi) is 26.8. The van der Waals surface area contributed by atoms with Gasteiger partial charge in [-0.15, -0.1) is 45.3 Å². The molecule has 33 nitrogen and oxygen atoms in total. The predicted octanol–water partition coefficient (Wildman–Crippen LogP) is 14.2. The number of aldehydes is 1. The maximum atomic E-state index is 11.7. The van der Waals surface area contributed by atoms with E-state index in [-0.39, 0.29) is 79.1 Å². The van der Waals surface area contributed by atoms with E-state index < -0.39 is 53.7 Å². The number of carbonyl (C=O) groups excluding carboxylic acids is 1. The van der Waals surface area contributed by atoms with Crippen molar-refractivity contribution in [2.45, 2.75) is 273 Å². The first-order chi connectivity index (χ1) is 61.6. The van der Waals surface area contributed by atoms with Crippen LogP contribution in [0.3, 0.4) is 0 Å². The molecule has 5 aliphatic carbocycles. The van der Waals surface area contributed by atoms with Crippen LogP contribution in [0.2, 0.25) is 0 Å². The smallest absolute Gasteiger partial charge is 0.225 e. The van der Waals surface area contributed by atoms with E-state index in [0.717, 1.165) is 172 Å². The summed E-state index contributed by atoms with van der Waals surface area (Å²) in [6.07, 6.45) is 14.4. The molecule has 20 rings (SSSR count). The Balaban J connectivity index is 0.000000121. The summed E-state index contributed by atoms with van der Waals surface area (Å²) in [4.78, 5) is 86.6. The summed E-state index contributed by atoms with van der Waals surface area (Å²) in [5.74, 6) is 0.573. The first-order valence-corrected chi connectivity index (χ1v) is 50.3. The molecule has 15 heterocycles. The molecule has 8 fully saturated rings. The fourth-order valence-corrected chi connectivity index (χ4v) is 24.2. The summed E-state index contributed by atoms with van der Waals surface area (Å²) < 4.78 is 41.2. The molecule has 0 spiro atoms. The normalized spacial score (nSPS) is 26.6. The zero-order valence-electron chi connectivity index (χ0n) is 75.2. The molecule has 18 atom stereocenters.